The van der Waals surface area contributed by atoms with Gasteiger partial charge in [-0.05, 0) is 29.4 Å². The maximum Gasteiger partial charge on any atom is 0.283 e. The lowest BCUT2D eigenvalue weighted by Crippen LogP contribution is -2.33. The molecule has 3 aromatic rings. The second kappa shape index (κ2) is 5.36. The molecule has 3 rings (SSSR count). The first-order valence-corrected chi connectivity index (χ1v) is 6.20. The van der Waals surface area contributed by atoms with Crippen molar-refractivity contribution >= 4 is 23.3 Å². The van der Waals surface area contributed by atoms with Gasteiger partial charge < -0.3 is 0 Å². The average Bonchev–Trinajstić information content (AvgIpc) is 2.92. The summed E-state index contributed by atoms with van der Waals surface area (Å²) in [6.45, 7) is 0. The van der Waals surface area contributed by atoms with Gasteiger partial charge in [0.1, 0.15) is 11.0 Å². The number of rotatable bonds is 3. The third-order valence-corrected chi connectivity index (χ3v) is 2.93. The Kier molecular flexibility index (Phi) is 3.24. The zero-order valence-corrected chi connectivity index (χ0v) is 10.7. The van der Waals surface area contributed by atoms with E-state index in [2.05, 4.69) is 15.5 Å². The Morgan fingerprint density at radius 2 is 1.85 bits per heavy atom. The number of amides is 1. The Hall–Kier alpha value is -2.95. The SMILES string of the molecule is O=C(N/N=C/[n+]1c[nH]c2ccccc21)c1ccccc1. The summed E-state index contributed by atoms with van der Waals surface area (Å²) in [7, 11) is 0. The van der Waals surface area contributed by atoms with Gasteiger partial charge >= 0.3 is 0 Å². The third kappa shape index (κ3) is 2.42. The van der Waals surface area contributed by atoms with Gasteiger partial charge in [0.25, 0.3) is 12.2 Å². The zero-order chi connectivity index (χ0) is 13.8. The molecule has 98 valence electrons. The Bertz CT molecular complexity index is 762. The van der Waals surface area contributed by atoms with Crippen molar-refractivity contribution in [2.24, 2.45) is 5.10 Å². The van der Waals surface area contributed by atoms with Crippen LogP contribution in [0.5, 0.6) is 0 Å². The third-order valence-electron chi connectivity index (χ3n) is 2.93. The van der Waals surface area contributed by atoms with E-state index in [1.54, 1.807) is 29.4 Å². The van der Waals surface area contributed by atoms with E-state index in [4.69, 9.17) is 0 Å². The predicted molar refractivity (Wildman–Crippen MR) is 76.3 cm³/mol. The lowest BCUT2D eigenvalue weighted by Gasteiger charge is -1.95. The fourth-order valence-electron chi connectivity index (χ4n) is 1.93. The summed E-state index contributed by atoms with van der Waals surface area (Å²) in [5.74, 6) is -0.234. The van der Waals surface area contributed by atoms with Crippen molar-refractivity contribution in [2.45, 2.75) is 0 Å². The molecule has 0 fully saturated rings. The van der Waals surface area contributed by atoms with Gasteiger partial charge in [-0.1, -0.05) is 30.3 Å². The Balaban J connectivity index is 1.74. The van der Waals surface area contributed by atoms with Crippen LogP contribution in [-0.2, 0) is 0 Å². The first kappa shape index (κ1) is 12.1. The van der Waals surface area contributed by atoms with Crippen molar-refractivity contribution in [1.82, 2.24) is 10.4 Å². The molecule has 0 aliphatic heterocycles. The highest BCUT2D eigenvalue weighted by atomic mass is 16.2. The van der Waals surface area contributed by atoms with Gasteiger partial charge in [-0.3, -0.25) is 9.78 Å². The number of hydrogen-bond acceptors (Lipinski definition) is 2. The number of aromatic nitrogens is 2. The first-order valence-electron chi connectivity index (χ1n) is 6.20. The number of hydrogen-bond donors (Lipinski definition) is 2. The van der Waals surface area contributed by atoms with Crippen molar-refractivity contribution in [3.05, 3.63) is 66.5 Å². The highest BCUT2D eigenvalue weighted by Crippen LogP contribution is 2.04. The minimum absolute atomic E-state index is 0.234. The molecule has 2 aromatic carbocycles. The number of fused-ring (bicyclic) bond motifs is 1. The summed E-state index contributed by atoms with van der Waals surface area (Å²) in [6.07, 6.45) is 3.34. The molecular weight excluding hydrogens is 252 g/mol. The Labute approximate surface area is 115 Å². The monoisotopic (exact) mass is 265 g/mol. The van der Waals surface area contributed by atoms with Crippen LogP contribution in [0, 0.1) is 0 Å². The molecule has 20 heavy (non-hydrogen) atoms. The van der Waals surface area contributed by atoms with Crippen molar-refractivity contribution < 1.29 is 9.36 Å². The molecule has 1 amide bonds. The van der Waals surface area contributed by atoms with Crippen molar-refractivity contribution in [3.63, 3.8) is 0 Å². The van der Waals surface area contributed by atoms with Gasteiger partial charge in [0, 0.05) is 5.56 Å². The smallest absolute Gasteiger partial charge is 0.276 e. The molecule has 5 heteroatoms. The largest absolute Gasteiger partial charge is 0.283 e. The molecule has 0 spiro atoms. The van der Waals surface area contributed by atoms with Crippen LogP contribution in [0.4, 0.5) is 0 Å². The molecule has 5 nitrogen and oxygen atoms in total. The van der Waals surface area contributed by atoms with E-state index in [-0.39, 0.29) is 5.91 Å². The summed E-state index contributed by atoms with van der Waals surface area (Å²) >= 11 is 0. The van der Waals surface area contributed by atoms with Crippen LogP contribution < -0.4 is 9.99 Å². The van der Waals surface area contributed by atoms with Gasteiger partial charge in [-0.25, -0.2) is 4.57 Å². The van der Waals surface area contributed by atoms with Crippen molar-refractivity contribution in [1.29, 1.82) is 0 Å². The molecule has 0 bridgehead atoms. The number of imidazole rings is 1. The normalized spacial score (nSPS) is 11.0. The van der Waals surface area contributed by atoms with E-state index in [0.717, 1.165) is 11.0 Å². The molecule has 0 aliphatic carbocycles. The van der Waals surface area contributed by atoms with E-state index in [1.165, 1.54) is 0 Å². The minimum Gasteiger partial charge on any atom is -0.276 e. The fraction of sp³-hybridized carbons (Fsp3) is 0. The lowest BCUT2D eigenvalue weighted by atomic mass is 10.2. The molecular formula is C15H13N4O+. The molecule has 1 aromatic heterocycles. The molecule has 0 radical (unpaired) electrons. The summed E-state index contributed by atoms with van der Waals surface area (Å²) in [4.78, 5) is 14.9. The first-order chi connectivity index (χ1) is 9.84. The maximum absolute atomic E-state index is 11.8. The molecule has 0 saturated heterocycles. The quantitative estimate of drug-likeness (QED) is 0.322. The van der Waals surface area contributed by atoms with Gasteiger partial charge in [0.15, 0.2) is 6.33 Å². The van der Waals surface area contributed by atoms with Gasteiger partial charge in [-0.15, -0.1) is 0 Å². The molecule has 0 saturated carbocycles. The standard InChI is InChI=1S/C15H12N4O/c20-15(12-6-2-1-3-7-12)18-17-11-19-10-16-13-8-4-5-9-14(13)19/h1-11H,(H,18,20)/p+1/b17-11+. The Morgan fingerprint density at radius 3 is 2.70 bits per heavy atom. The summed E-state index contributed by atoms with van der Waals surface area (Å²) < 4.78 is 1.81. The number of nitrogens with zero attached hydrogens (tertiary/aromatic N) is 2. The Morgan fingerprint density at radius 1 is 1.10 bits per heavy atom. The molecule has 0 unspecified atom stereocenters. The van der Waals surface area contributed by atoms with Gasteiger partial charge in [-0.2, -0.15) is 5.43 Å². The van der Waals surface area contributed by atoms with Crippen molar-refractivity contribution in [3.8, 4) is 0 Å². The van der Waals surface area contributed by atoms with E-state index in [0.29, 0.717) is 5.56 Å². The lowest BCUT2D eigenvalue weighted by molar-refractivity contribution is -0.516. The van der Waals surface area contributed by atoms with E-state index in [9.17, 15) is 4.79 Å². The van der Waals surface area contributed by atoms with Crippen LogP contribution >= 0.6 is 0 Å². The van der Waals surface area contributed by atoms with E-state index in [1.807, 2.05) is 42.5 Å². The van der Waals surface area contributed by atoms with Crippen molar-refractivity contribution in [2.75, 3.05) is 0 Å². The number of carbonyl (C=O) groups excluding carboxylic acids is 1. The second-order valence-corrected chi connectivity index (χ2v) is 4.25. The summed E-state index contributed by atoms with van der Waals surface area (Å²) in [5, 5.41) is 3.96. The summed E-state index contributed by atoms with van der Waals surface area (Å²) in [6, 6.07) is 16.8. The van der Waals surface area contributed by atoms with Crippen LogP contribution in [-0.4, -0.2) is 17.2 Å². The van der Waals surface area contributed by atoms with Crippen LogP contribution in [0.25, 0.3) is 11.0 Å². The second-order valence-electron chi connectivity index (χ2n) is 4.25. The molecule has 1 heterocycles. The number of aromatic amines is 1. The number of nitrogens with one attached hydrogen (secondary N) is 2. The predicted octanol–water partition coefficient (Wildman–Crippen LogP) is 1.68. The molecule has 0 atom stereocenters. The topological polar surface area (TPSA) is 61.1 Å². The van der Waals surface area contributed by atoms with Crippen LogP contribution in [0.3, 0.4) is 0 Å². The van der Waals surface area contributed by atoms with Gasteiger partial charge in [0.2, 0.25) is 0 Å². The highest BCUT2D eigenvalue weighted by molar-refractivity contribution is 5.94. The van der Waals surface area contributed by atoms with Gasteiger partial charge in [0.05, 0.1) is 0 Å². The van der Waals surface area contributed by atoms with E-state index < -0.39 is 0 Å². The van der Waals surface area contributed by atoms with E-state index >= 15 is 0 Å². The number of benzene rings is 2. The minimum atomic E-state index is -0.234. The average molecular weight is 265 g/mol. The number of carbonyl (C=O) groups is 1. The molecule has 2 N–H and O–H groups in total. The van der Waals surface area contributed by atoms with Crippen LogP contribution in [0.15, 0.2) is 66.0 Å². The number of hydrazone groups is 1. The number of para-hydroxylation sites is 2. The van der Waals surface area contributed by atoms with Crippen LogP contribution in [0.1, 0.15) is 10.4 Å². The summed E-state index contributed by atoms with van der Waals surface area (Å²) in [5.41, 5.74) is 5.07. The zero-order valence-electron chi connectivity index (χ0n) is 10.7. The molecule has 0 aliphatic rings. The maximum atomic E-state index is 11.8. The number of H-pyrrole nitrogens is 1. The highest BCUT2D eigenvalue weighted by Gasteiger charge is 2.06. The van der Waals surface area contributed by atoms with Crippen LogP contribution in [0.2, 0.25) is 0 Å². The fourth-order valence-corrected chi connectivity index (χ4v) is 1.93.